The van der Waals surface area contributed by atoms with Gasteiger partial charge in [0, 0.05) is 24.8 Å². The van der Waals surface area contributed by atoms with Gasteiger partial charge >= 0.3 is 0 Å². The van der Waals surface area contributed by atoms with Crippen LogP contribution in [0.3, 0.4) is 0 Å². The number of anilines is 2. The van der Waals surface area contributed by atoms with Crippen molar-refractivity contribution in [1.29, 1.82) is 0 Å². The average Bonchev–Trinajstić information content (AvgIpc) is 2.75. The maximum absolute atomic E-state index is 5.83. The van der Waals surface area contributed by atoms with E-state index in [4.69, 9.17) is 22.1 Å². The summed E-state index contributed by atoms with van der Waals surface area (Å²) in [4.78, 5) is 4.18. The van der Waals surface area contributed by atoms with Crippen molar-refractivity contribution in [2.24, 2.45) is 5.92 Å². The van der Waals surface area contributed by atoms with E-state index in [-0.39, 0.29) is 0 Å². The van der Waals surface area contributed by atoms with Crippen molar-refractivity contribution in [1.82, 2.24) is 4.98 Å². The maximum atomic E-state index is 5.83. The summed E-state index contributed by atoms with van der Waals surface area (Å²) in [6, 6.07) is 2.01. The second kappa shape index (κ2) is 4.89. The third-order valence-electron chi connectivity index (χ3n) is 2.92. The summed E-state index contributed by atoms with van der Waals surface area (Å²) in [6.07, 6.45) is 2.68. The van der Waals surface area contributed by atoms with Gasteiger partial charge < -0.3 is 15.8 Å². The number of nitrogens with two attached hydrogens (primary N) is 1. The number of pyridine rings is 1. The number of hydrogen-bond donors (Lipinski definition) is 2. The minimum Gasteiger partial charge on any atom is -0.396 e. The van der Waals surface area contributed by atoms with Crippen LogP contribution in [-0.4, -0.2) is 24.2 Å². The molecule has 3 N–H and O–H groups in total. The molecule has 1 saturated heterocycles. The molecule has 16 heavy (non-hydrogen) atoms. The first kappa shape index (κ1) is 11.5. The summed E-state index contributed by atoms with van der Waals surface area (Å²) in [6.45, 7) is 3.77. The lowest BCUT2D eigenvalue weighted by molar-refractivity contribution is 0.183. The Bertz CT molecular complexity index is 366. The lowest BCUT2D eigenvalue weighted by atomic mass is 10.0. The summed E-state index contributed by atoms with van der Waals surface area (Å²) in [5, 5.41) is 3.86. The van der Waals surface area contributed by atoms with Crippen LogP contribution in [0.15, 0.2) is 12.3 Å². The van der Waals surface area contributed by atoms with E-state index in [0.29, 0.717) is 28.5 Å². The van der Waals surface area contributed by atoms with Crippen molar-refractivity contribution >= 4 is 23.1 Å². The van der Waals surface area contributed by atoms with Crippen molar-refractivity contribution in [2.75, 3.05) is 24.3 Å². The zero-order valence-corrected chi connectivity index (χ0v) is 10.00. The van der Waals surface area contributed by atoms with E-state index < -0.39 is 0 Å². The van der Waals surface area contributed by atoms with E-state index in [9.17, 15) is 0 Å². The van der Waals surface area contributed by atoms with Gasteiger partial charge in [-0.05, 0) is 19.4 Å². The molecule has 1 aromatic heterocycles. The second-order valence-electron chi connectivity index (χ2n) is 4.15. The largest absolute Gasteiger partial charge is 0.396 e. The first-order chi connectivity index (χ1) is 7.66. The zero-order chi connectivity index (χ0) is 11.5. The molecule has 0 aromatic carbocycles. The molecule has 1 aromatic rings. The topological polar surface area (TPSA) is 60.2 Å². The number of rotatable bonds is 3. The average molecular weight is 242 g/mol. The molecule has 5 heteroatoms. The highest BCUT2D eigenvalue weighted by Crippen LogP contribution is 2.24. The van der Waals surface area contributed by atoms with Crippen LogP contribution in [0.1, 0.15) is 13.3 Å². The first-order valence-corrected chi connectivity index (χ1v) is 5.80. The van der Waals surface area contributed by atoms with Crippen LogP contribution in [0.5, 0.6) is 0 Å². The standard InChI is InChI=1S/C11H16ClN3O/c1-7(8-2-3-16-6-8)15-11-10(13)4-9(12)5-14-11/h4-5,7-8H,2-3,6,13H2,1H3,(H,14,15). The predicted molar refractivity (Wildman–Crippen MR) is 65.7 cm³/mol. The fraction of sp³-hybridized carbons (Fsp3) is 0.545. The van der Waals surface area contributed by atoms with Crippen molar-refractivity contribution in [2.45, 2.75) is 19.4 Å². The SMILES string of the molecule is CC(Nc1ncc(Cl)cc1N)C1CCOC1. The van der Waals surface area contributed by atoms with E-state index in [0.717, 1.165) is 19.6 Å². The molecular formula is C11H16ClN3O. The van der Waals surface area contributed by atoms with Crippen LogP contribution in [0.4, 0.5) is 11.5 Å². The number of ether oxygens (including phenoxy) is 1. The van der Waals surface area contributed by atoms with Crippen LogP contribution in [0.25, 0.3) is 0 Å². The molecule has 0 amide bonds. The number of halogens is 1. The highest BCUT2D eigenvalue weighted by Gasteiger charge is 2.22. The highest BCUT2D eigenvalue weighted by molar-refractivity contribution is 6.30. The molecule has 0 spiro atoms. The minimum atomic E-state index is 0.304. The molecule has 88 valence electrons. The van der Waals surface area contributed by atoms with Gasteiger partial charge in [0.15, 0.2) is 0 Å². The van der Waals surface area contributed by atoms with Gasteiger partial charge in [0.05, 0.1) is 17.3 Å². The van der Waals surface area contributed by atoms with Gasteiger partial charge in [-0.1, -0.05) is 11.6 Å². The van der Waals surface area contributed by atoms with Gasteiger partial charge in [-0.3, -0.25) is 0 Å². The van der Waals surface area contributed by atoms with E-state index in [1.165, 1.54) is 0 Å². The Labute approximate surface area is 100 Å². The Morgan fingerprint density at radius 2 is 2.50 bits per heavy atom. The molecule has 2 unspecified atom stereocenters. The lowest BCUT2D eigenvalue weighted by Crippen LogP contribution is -2.27. The molecule has 0 bridgehead atoms. The smallest absolute Gasteiger partial charge is 0.149 e. The van der Waals surface area contributed by atoms with Gasteiger partial charge in [0.25, 0.3) is 0 Å². The highest BCUT2D eigenvalue weighted by atomic mass is 35.5. The van der Waals surface area contributed by atoms with Crippen molar-refractivity contribution in [3.05, 3.63) is 17.3 Å². The Morgan fingerprint density at radius 1 is 1.69 bits per heavy atom. The molecule has 0 saturated carbocycles. The van der Waals surface area contributed by atoms with Crippen molar-refractivity contribution in [3.8, 4) is 0 Å². The number of aromatic nitrogens is 1. The number of nitrogen functional groups attached to an aromatic ring is 1. The normalized spacial score (nSPS) is 22.0. The number of nitrogens with zero attached hydrogens (tertiary/aromatic N) is 1. The monoisotopic (exact) mass is 241 g/mol. The number of hydrogen-bond acceptors (Lipinski definition) is 4. The van der Waals surface area contributed by atoms with Gasteiger partial charge in [0.1, 0.15) is 5.82 Å². The fourth-order valence-electron chi connectivity index (χ4n) is 1.86. The van der Waals surface area contributed by atoms with Crippen molar-refractivity contribution in [3.63, 3.8) is 0 Å². The third-order valence-corrected chi connectivity index (χ3v) is 3.13. The molecule has 1 fully saturated rings. The van der Waals surface area contributed by atoms with E-state index in [2.05, 4.69) is 17.2 Å². The Kier molecular flexibility index (Phi) is 3.51. The molecule has 2 rings (SSSR count). The summed E-state index contributed by atoms with van der Waals surface area (Å²) >= 11 is 5.79. The molecular weight excluding hydrogens is 226 g/mol. The van der Waals surface area contributed by atoms with Gasteiger partial charge in [-0.25, -0.2) is 4.98 Å². The Balaban J connectivity index is 2.02. The van der Waals surface area contributed by atoms with E-state index >= 15 is 0 Å². The second-order valence-corrected chi connectivity index (χ2v) is 4.58. The summed E-state index contributed by atoms with van der Waals surface area (Å²) in [5.41, 5.74) is 6.41. The van der Waals surface area contributed by atoms with Crippen LogP contribution >= 0.6 is 11.6 Å². The van der Waals surface area contributed by atoms with Crippen LogP contribution in [-0.2, 0) is 4.74 Å². The Hall–Kier alpha value is -1.00. The molecule has 0 radical (unpaired) electrons. The molecule has 2 atom stereocenters. The Morgan fingerprint density at radius 3 is 3.12 bits per heavy atom. The van der Waals surface area contributed by atoms with Gasteiger partial charge in [0.2, 0.25) is 0 Å². The van der Waals surface area contributed by atoms with E-state index in [1.807, 2.05) is 0 Å². The molecule has 1 aliphatic heterocycles. The maximum Gasteiger partial charge on any atom is 0.149 e. The van der Waals surface area contributed by atoms with Crippen LogP contribution in [0, 0.1) is 5.92 Å². The molecule has 2 heterocycles. The number of nitrogens with one attached hydrogen (secondary N) is 1. The predicted octanol–water partition coefficient (Wildman–Crippen LogP) is 2.15. The van der Waals surface area contributed by atoms with E-state index in [1.54, 1.807) is 12.3 Å². The fourth-order valence-corrected chi connectivity index (χ4v) is 2.02. The molecule has 1 aliphatic rings. The first-order valence-electron chi connectivity index (χ1n) is 5.42. The van der Waals surface area contributed by atoms with Gasteiger partial charge in [-0.2, -0.15) is 0 Å². The summed E-state index contributed by atoms with van der Waals surface area (Å²) < 4.78 is 5.35. The lowest BCUT2D eigenvalue weighted by Gasteiger charge is -2.20. The quantitative estimate of drug-likeness (QED) is 0.852. The van der Waals surface area contributed by atoms with Gasteiger partial charge in [-0.15, -0.1) is 0 Å². The van der Waals surface area contributed by atoms with Crippen molar-refractivity contribution < 1.29 is 4.74 Å². The summed E-state index contributed by atoms with van der Waals surface area (Å²) in [7, 11) is 0. The van der Waals surface area contributed by atoms with Crippen LogP contribution < -0.4 is 11.1 Å². The minimum absolute atomic E-state index is 0.304. The molecule has 4 nitrogen and oxygen atoms in total. The van der Waals surface area contributed by atoms with Crippen LogP contribution in [0.2, 0.25) is 5.02 Å². The zero-order valence-electron chi connectivity index (χ0n) is 9.24. The summed E-state index contributed by atoms with van der Waals surface area (Å²) in [5.74, 6) is 1.22. The third kappa shape index (κ3) is 2.57. The molecule has 0 aliphatic carbocycles.